The van der Waals surface area contributed by atoms with E-state index in [9.17, 15) is 9.59 Å². The molecule has 2 amide bonds. The smallest absolute Gasteiger partial charge is 0.228 e. The highest BCUT2D eigenvalue weighted by Gasteiger charge is 2.31. The molecule has 2 heterocycles. The van der Waals surface area contributed by atoms with Gasteiger partial charge < -0.3 is 10.1 Å². The molecule has 6 nitrogen and oxygen atoms in total. The highest BCUT2D eigenvalue weighted by Crippen LogP contribution is 2.36. The summed E-state index contributed by atoms with van der Waals surface area (Å²) in [5.74, 6) is 0.702. The van der Waals surface area contributed by atoms with E-state index in [1.54, 1.807) is 35.4 Å². The van der Waals surface area contributed by atoms with Crippen molar-refractivity contribution in [3.63, 3.8) is 0 Å². The van der Waals surface area contributed by atoms with Gasteiger partial charge in [0, 0.05) is 30.6 Å². The normalized spacial score (nSPS) is 15.0. The van der Waals surface area contributed by atoms with E-state index < -0.39 is 0 Å². The summed E-state index contributed by atoms with van der Waals surface area (Å²) in [6, 6.07) is 20.6. The first kappa shape index (κ1) is 20.9. The van der Waals surface area contributed by atoms with E-state index >= 15 is 0 Å². The second-order valence-corrected chi connectivity index (χ2v) is 7.69. The van der Waals surface area contributed by atoms with Crippen LogP contribution >= 0.6 is 11.6 Å². The zero-order valence-electron chi connectivity index (χ0n) is 16.8. The standard InChI is InChI=1S/C24H22ClN3O3/c25-19-10-8-17(9-11-19)15-27-22(29)12-13-23(30)28-16-21(18-5-2-1-3-6-18)31-20-7-4-14-26-24(20)28/h1-11,14,21H,12-13,15-16H2,(H,27,29). The fourth-order valence-corrected chi connectivity index (χ4v) is 3.55. The summed E-state index contributed by atoms with van der Waals surface area (Å²) in [4.78, 5) is 31.2. The van der Waals surface area contributed by atoms with Crippen molar-refractivity contribution in [1.29, 1.82) is 0 Å². The van der Waals surface area contributed by atoms with Crippen molar-refractivity contribution in [3.8, 4) is 5.75 Å². The van der Waals surface area contributed by atoms with Crippen molar-refractivity contribution in [2.45, 2.75) is 25.5 Å². The highest BCUT2D eigenvalue weighted by molar-refractivity contribution is 6.30. The van der Waals surface area contributed by atoms with Crippen LogP contribution in [-0.2, 0) is 16.1 Å². The minimum atomic E-state index is -0.291. The lowest BCUT2D eigenvalue weighted by Crippen LogP contribution is -2.40. The molecule has 0 saturated carbocycles. The van der Waals surface area contributed by atoms with Crippen LogP contribution in [0.4, 0.5) is 5.82 Å². The third-order valence-corrected chi connectivity index (χ3v) is 5.32. The molecule has 1 aliphatic rings. The van der Waals surface area contributed by atoms with Crippen LogP contribution in [0.25, 0.3) is 0 Å². The molecule has 0 bridgehead atoms. The topological polar surface area (TPSA) is 71.5 Å². The van der Waals surface area contributed by atoms with Crippen LogP contribution in [-0.4, -0.2) is 23.3 Å². The van der Waals surface area contributed by atoms with Crippen molar-refractivity contribution >= 4 is 29.2 Å². The first-order valence-electron chi connectivity index (χ1n) is 10.1. The Bertz CT molecular complexity index is 1060. The number of nitrogens with zero attached hydrogens (tertiary/aromatic N) is 2. The van der Waals surface area contributed by atoms with Gasteiger partial charge in [-0.1, -0.05) is 54.1 Å². The molecule has 31 heavy (non-hydrogen) atoms. The van der Waals surface area contributed by atoms with Gasteiger partial charge in [0.15, 0.2) is 11.6 Å². The summed E-state index contributed by atoms with van der Waals surface area (Å²) in [7, 11) is 0. The Kier molecular flexibility index (Phi) is 6.48. The van der Waals surface area contributed by atoms with Crippen molar-refractivity contribution in [1.82, 2.24) is 10.3 Å². The number of anilines is 1. The summed E-state index contributed by atoms with van der Waals surface area (Å²) in [6.07, 6.45) is 1.52. The Labute approximate surface area is 185 Å². The number of nitrogens with one attached hydrogen (secondary N) is 1. The van der Waals surface area contributed by atoms with Gasteiger partial charge in [-0.25, -0.2) is 4.98 Å². The number of carbonyl (C=O) groups is 2. The van der Waals surface area contributed by atoms with Crippen LogP contribution in [0, 0.1) is 0 Å². The summed E-state index contributed by atoms with van der Waals surface area (Å²) in [5.41, 5.74) is 1.93. The Morgan fingerprint density at radius 3 is 2.58 bits per heavy atom. The molecule has 3 aromatic rings. The molecule has 0 saturated heterocycles. The predicted octanol–water partition coefficient (Wildman–Crippen LogP) is 4.30. The molecule has 1 N–H and O–H groups in total. The predicted molar refractivity (Wildman–Crippen MR) is 119 cm³/mol. The number of carbonyl (C=O) groups excluding carboxylic acids is 2. The third-order valence-electron chi connectivity index (χ3n) is 5.07. The molecule has 0 radical (unpaired) electrons. The van der Waals surface area contributed by atoms with Gasteiger partial charge in [0.2, 0.25) is 11.8 Å². The second-order valence-electron chi connectivity index (χ2n) is 7.25. The fraction of sp³-hybridized carbons (Fsp3) is 0.208. The summed E-state index contributed by atoms with van der Waals surface area (Å²) >= 11 is 5.87. The summed E-state index contributed by atoms with van der Waals surface area (Å²) in [5, 5.41) is 3.48. The van der Waals surface area contributed by atoms with Gasteiger partial charge in [-0.2, -0.15) is 0 Å². The van der Waals surface area contributed by atoms with Gasteiger partial charge in [-0.15, -0.1) is 0 Å². The molecule has 2 aromatic carbocycles. The monoisotopic (exact) mass is 435 g/mol. The number of amides is 2. The molecule has 1 aliphatic heterocycles. The van der Waals surface area contributed by atoms with Gasteiger partial charge in [0.05, 0.1) is 6.54 Å². The van der Waals surface area contributed by atoms with E-state index in [1.165, 1.54) is 0 Å². The molecule has 158 valence electrons. The molecular weight excluding hydrogens is 414 g/mol. The number of rotatable bonds is 6. The molecular formula is C24H22ClN3O3. The van der Waals surface area contributed by atoms with Crippen molar-refractivity contribution in [2.75, 3.05) is 11.4 Å². The maximum absolute atomic E-state index is 13.0. The first-order valence-corrected chi connectivity index (χ1v) is 10.5. The number of pyridine rings is 1. The molecule has 4 rings (SSSR count). The minimum Gasteiger partial charge on any atom is -0.480 e. The molecule has 7 heteroatoms. The number of ether oxygens (including phenoxy) is 1. The fourth-order valence-electron chi connectivity index (χ4n) is 3.43. The Balaban J connectivity index is 1.38. The van der Waals surface area contributed by atoms with Gasteiger partial charge in [-0.05, 0) is 35.4 Å². The summed E-state index contributed by atoms with van der Waals surface area (Å²) < 4.78 is 6.07. The van der Waals surface area contributed by atoms with Crippen molar-refractivity contribution in [2.24, 2.45) is 0 Å². The molecule has 0 fully saturated rings. The van der Waals surface area contributed by atoms with Crippen molar-refractivity contribution in [3.05, 3.63) is 89.1 Å². The lowest BCUT2D eigenvalue weighted by Gasteiger charge is -2.34. The third kappa shape index (κ3) is 5.22. The minimum absolute atomic E-state index is 0.0873. The van der Waals surface area contributed by atoms with Gasteiger partial charge in [-0.3, -0.25) is 14.5 Å². The molecule has 1 aromatic heterocycles. The van der Waals surface area contributed by atoms with E-state index in [1.807, 2.05) is 42.5 Å². The number of halogens is 1. The number of aromatic nitrogens is 1. The van der Waals surface area contributed by atoms with Crippen LogP contribution in [0.3, 0.4) is 0 Å². The zero-order chi connectivity index (χ0) is 21.6. The average molecular weight is 436 g/mol. The van der Waals surface area contributed by atoms with Gasteiger partial charge >= 0.3 is 0 Å². The average Bonchev–Trinajstić information content (AvgIpc) is 2.82. The molecule has 1 unspecified atom stereocenters. The maximum atomic E-state index is 13.0. The lowest BCUT2D eigenvalue weighted by atomic mass is 10.1. The van der Waals surface area contributed by atoms with Crippen LogP contribution in [0.15, 0.2) is 72.9 Å². The number of hydrogen-bond acceptors (Lipinski definition) is 4. The zero-order valence-corrected chi connectivity index (χ0v) is 17.6. The summed E-state index contributed by atoms with van der Waals surface area (Å²) in [6.45, 7) is 0.738. The van der Waals surface area contributed by atoms with E-state index in [2.05, 4.69) is 10.3 Å². The Hall–Kier alpha value is -3.38. The van der Waals surface area contributed by atoms with Crippen LogP contribution in [0.2, 0.25) is 5.02 Å². The van der Waals surface area contributed by atoms with Gasteiger partial charge in [0.1, 0.15) is 6.10 Å². The number of benzene rings is 2. The molecule has 1 atom stereocenters. The number of hydrogen-bond donors (Lipinski definition) is 1. The van der Waals surface area contributed by atoms with E-state index in [0.29, 0.717) is 29.7 Å². The van der Waals surface area contributed by atoms with E-state index in [0.717, 1.165) is 11.1 Å². The van der Waals surface area contributed by atoms with Crippen molar-refractivity contribution < 1.29 is 14.3 Å². The highest BCUT2D eigenvalue weighted by atomic mass is 35.5. The van der Waals surface area contributed by atoms with E-state index in [4.69, 9.17) is 16.3 Å². The largest absolute Gasteiger partial charge is 0.480 e. The Morgan fingerprint density at radius 1 is 1.03 bits per heavy atom. The molecule has 0 spiro atoms. The second kappa shape index (κ2) is 9.62. The van der Waals surface area contributed by atoms with Crippen LogP contribution < -0.4 is 15.0 Å². The Morgan fingerprint density at radius 2 is 1.81 bits per heavy atom. The van der Waals surface area contributed by atoms with Crippen LogP contribution in [0.1, 0.15) is 30.1 Å². The maximum Gasteiger partial charge on any atom is 0.228 e. The van der Waals surface area contributed by atoms with Crippen LogP contribution in [0.5, 0.6) is 5.75 Å². The van der Waals surface area contributed by atoms with Gasteiger partial charge in [0.25, 0.3) is 0 Å². The number of fused-ring (bicyclic) bond motifs is 1. The SMILES string of the molecule is O=C(CCC(=O)N1CC(c2ccccc2)Oc2cccnc21)NCc1ccc(Cl)cc1. The lowest BCUT2D eigenvalue weighted by molar-refractivity contribution is -0.125. The first-order chi connectivity index (χ1) is 15.1. The molecule has 0 aliphatic carbocycles. The van der Waals surface area contributed by atoms with E-state index in [-0.39, 0.29) is 30.8 Å². The quantitative estimate of drug-likeness (QED) is 0.626.